The molecular weight excluding hydrogens is 348 g/mol. The molecule has 1 amide bonds. The standard InChI is InChI=1S/C16H23BrN2O3/c17-10-4-2-1-3-5-15(20)19-13-8-6-12(7-9-13)11-14(18)16(21)22/h6-9,14H,1-5,10-11,18H2,(H,19,20)(H,21,22). The number of rotatable bonds is 10. The molecule has 0 heterocycles. The van der Waals surface area contributed by atoms with Gasteiger partial charge in [-0.1, -0.05) is 40.9 Å². The SMILES string of the molecule is NC(Cc1ccc(NC(=O)CCCCCCBr)cc1)C(=O)O. The lowest BCUT2D eigenvalue weighted by Gasteiger charge is -2.08. The summed E-state index contributed by atoms with van der Waals surface area (Å²) in [5.74, 6) is -1.01. The van der Waals surface area contributed by atoms with Crippen molar-refractivity contribution in [3.8, 4) is 0 Å². The van der Waals surface area contributed by atoms with E-state index in [4.69, 9.17) is 10.8 Å². The van der Waals surface area contributed by atoms with Crippen LogP contribution in [-0.4, -0.2) is 28.4 Å². The highest BCUT2D eigenvalue weighted by molar-refractivity contribution is 9.09. The molecule has 0 saturated carbocycles. The quantitative estimate of drug-likeness (QED) is 0.436. The Kier molecular flexibility index (Phi) is 8.77. The van der Waals surface area contributed by atoms with Gasteiger partial charge in [0.1, 0.15) is 6.04 Å². The summed E-state index contributed by atoms with van der Waals surface area (Å²) in [6, 6.07) is 6.21. The topological polar surface area (TPSA) is 92.4 Å². The second-order valence-electron chi connectivity index (χ2n) is 5.25. The zero-order valence-electron chi connectivity index (χ0n) is 12.6. The van der Waals surface area contributed by atoms with Crippen LogP contribution in [0.4, 0.5) is 5.69 Å². The number of nitrogens with one attached hydrogen (secondary N) is 1. The highest BCUT2D eigenvalue weighted by Gasteiger charge is 2.11. The van der Waals surface area contributed by atoms with Crippen LogP contribution < -0.4 is 11.1 Å². The monoisotopic (exact) mass is 370 g/mol. The molecule has 1 rings (SSSR count). The maximum Gasteiger partial charge on any atom is 0.320 e. The van der Waals surface area contributed by atoms with Gasteiger partial charge in [0.15, 0.2) is 0 Å². The van der Waals surface area contributed by atoms with Crippen molar-refractivity contribution in [1.29, 1.82) is 0 Å². The van der Waals surface area contributed by atoms with Crippen molar-refractivity contribution in [3.63, 3.8) is 0 Å². The normalized spacial score (nSPS) is 11.9. The van der Waals surface area contributed by atoms with Crippen LogP contribution in [0.3, 0.4) is 0 Å². The van der Waals surface area contributed by atoms with E-state index in [2.05, 4.69) is 21.2 Å². The average Bonchev–Trinajstić information content (AvgIpc) is 2.49. The molecule has 4 N–H and O–H groups in total. The average molecular weight is 371 g/mol. The van der Waals surface area contributed by atoms with E-state index in [1.807, 2.05) is 0 Å². The van der Waals surface area contributed by atoms with E-state index in [0.29, 0.717) is 6.42 Å². The Labute approximate surface area is 139 Å². The van der Waals surface area contributed by atoms with Gasteiger partial charge >= 0.3 is 5.97 Å². The first-order valence-corrected chi connectivity index (χ1v) is 8.58. The molecule has 1 aromatic rings. The maximum absolute atomic E-state index is 11.8. The van der Waals surface area contributed by atoms with Crippen LogP contribution >= 0.6 is 15.9 Å². The summed E-state index contributed by atoms with van der Waals surface area (Å²) in [5, 5.41) is 12.6. The Hall–Kier alpha value is -1.40. The molecule has 0 bridgehead atoms. The highest BCUT2D eigenvalue weighted by Crippen LogP contribution is 2.12. The molecule has 1 aromatic carbocycles. The van der Waals surface area contributed by atoms with Crippen molar-refractivity contribution in [2.45, 2.75) is 44.6 Å². The molecule has 0 aliphatic carbocycles. The Balaban J connectivity index is 2.34. The van der Waals surface area contributed by atoms with Crippen molar-refractivity contribution < 1.29 is 14.7 Å². The molecule has 0 aliphatic heterocycles. The molecule has 1 unspecified atom stereocenters. The van der Waals surface area contributed by atoms with E-state index in [1.165, 1.54) is 0 Å². The van der Waals surface area contributed by atoms with Gasteiger partial charge in [-0.25, -0.2) is 0 Å². The second kappa shape index (κ2) is 10.3. The first-order valence-electron chi connectivity index (χ1n) is 7.46. The number of halogens is 1. The number of aliphatic carboxylic acids is 1. The summed E-state index contributed by atoms with van der Waals surface area (Å²) >= 11 is 3.38. The lowest BCUT2D eigenvalue weighted by molar-refractivity contribution is -0.138. The summed E-state index contributed by atoms with van der Waals surface area (Å²) in [5.41, 5.74) is 7.04. The van der Waals surface area contributed by atoms with Crippen LogP contribution in [0.2, 0.25) is 0 Å². The van der Waals surface area contributed by atoms with Crippen molar-refractivity contribution in [1.82, 2.24) is 0 Å². The Bertz CT molecular complexity index is 477. The Morgan fingerprint density at radius 2 is 1.77 bits per heavy atom. The predicted octanol–water partition coefficient (Wildman–Crippen LogP) is 2.92. The van der Waals surface area contributed by atoms with E-state index in [9.17, 15) is 9.59 Å². The zero-order valence-corrected chi connectivity index (χ0v) is 14.1. The van der Waals surface area contributed by atoms with Gasteiger partial charge in [-0.05, 0) is 37.0 Å². The van der Waals surface area contributed by atoms with Gasteiger partial charge in [0.25, 0.3) is 0 Å². The number of hydrogen-bond donors (Lipinski definition) is 3. The van der Waals surface area contributed by atoms with Crippen LogP contribution in [0.25, 0.3) is 0 Å². The summed E-state index contributed by atoms with van der Waals surface area (Å²) in [6.07, 6.45) is 5.03. The minimum atomic E-state index is -1.02. The summed E-state index contributed by atoms with van der Waals surface area (Å²) in [4.78, 5) is 22.5. The molecule has 0 fully saturated rings. The molecule has 6 heteroatoms. The molecule has 0 aliphatic rings. The number of unbranched alkanes of at least 4 members (excludes halogenated alkanes) is 3. The Morgan fingerprint density at radius 1 is 1.14 bits per heavy atom. The van der Waals surface area contributed by atoms with Crippen LogP contribution in [-0.2, 0) is 16.0 Å². The van der Waals surface area contributed by atoms with E-state index >= 15 is 0 Å². The number of benzene rings is 1. The summed E-state index contributed by atoms with van der Waals surface area (Å²) < 4.78 is 0. The predicted molar refractivity (Wildman–Crippen MR) is 91.3 cm³/mol. The Morgan fingerprint density at radius 3 is 2.36 bits per heavy atom. The largest absolute Gasteiger partial charge is 0.480 e. The fourth-order valence-electron chi connectivity index (χ4n) is 2.02. The third-order valence-electron chi connectivity index (χ3n) is 3.30. The third-order valence-corrected chi connectivity index (χ3v) is 3.86. The van der Waals surface area contributed by atoms with Crippen LogP contribution in [0, 0.1) is 0 Å². The molecular formula is C16H23BrN2O3. The highest BCUT2D eigenvalue weighted by atomic mass is 79.9. The van der Waals surface area contributed by atoms with Gasteiger partial charge in [-0.2, -0.15) is 0 Å². The molecule has 22 heavy (non-hydrogen) atoms. The lowest BCUT2D eigenvalue weighted by atomic mass is 10.1. The van der Waals surface area contributed by atoms with Crippen molar-refractivity contribution in [3.05, 3.63) is 29.8 Å². The van der Waals surface area contributed by atoms with Gasteiger partial charge < -0.3 is 16.2 Å². The summed E-state index contributed by atoms with van der Waals surface area (Å²) in [6.45, 7) is 0. The number of carboxylic acids is 1. The smallest absolute Gasteiger partial charge is 0.320 e. The number of alkyl halides is 1. The fourth-order valence-corrected chi connectivity index (χ4v) is 2.42. The van der Waals surface area contributed by atoms with E-state index < -0.39 is 12.0 Å². The van der Waals surface area contributed by atoms with Gasteiger partial charge in [-0.15, -0.1) is 0 Å². The van der Waals surface area contributed by atoms with Crippen LogP contribution in [0.5, 0.6) is 0 Å². The molecule has 0 saturated heterocycles. The van der Waals surface area contributed by atoms with Crippen LogP contribution in [0.15, 0.2) is 24.3 Å². The number of anilines is 1. The first-order chi connectivity index (χ1) is 10.5. The first kappa shape index (κ1) is 18.6. The van der Waals surface area contributed by atoms with E-state index in [-0.39, 0.29) is 12.3 Å². The van der Waals surface area contributed by atoms with E-state index in [1.54, 1.807) is 24.3 Å². The van der Waals surface area contributed by atoms with Gasteiger partial charge in [0.2, 0.25) is 5.91 Å². The van der Waals surface area contributed by atoms with Gasteiger partial charge in [0.05, 0.1) is 0 Å². The number of carbonyl (C=O) groups excluding carboxylic acids is 1. The molecule has 122 valence electrons. The summed E-state index contributed by atoms with van der Waals surface area (Å²) in [7, 11) is 0. The molecule has 5 nitrogen and oxygen atoms in total. The van der Waals surface area contributed by atoms with Crippen molar-refractivity contribution in [2.24, 2.45) is 5.73 Å². The number of carboxylic acid groups (broad SMARTS) is 1. The van der Waals surface area contributed by atoms with Crippen LogP contribution in [0.1, 0.15) is 37.7 Å². The molecule has 0 radical (unpaired) electrons. The molecule has 0 aromatic heterocycles. The fraction of sp³-hybridized carbons (Fsp3) is 0.500. The second-order valence-corrected chi connectivity index (χ2v) is 6.04. The minimum absolute atomic E-state index is 0.00818. The zero-order chi connectivity index (χ0) is 16.4. The lowest BCUT2D eigenvalue weighted by Crippen LogP contribution is -2.32. The van der Waals surface area contributed by atoms with E-state index in [0.717, 1.165) is 42.3 Å². The van der Waals surface area contributed by atoms with Crippen molar-refractivity contribution >= 4 is 33.5 Å². The molecule has 0 spiro atoms. The number of nitrogens with two attached hydrogens (primary N) is 1. The minimum Gasteiger partial charge on any atom is -0.480 e. The maximum atomic E-state index is 11.8. The number of amides is 1. The molecule has 1 atom stereocenters. The third kappa shape index (κ3) is 7.56. The van der Waals surface area contributed by atoms with Gasteiger partial charge in [0, 0.05) is 17.4 Å². The number of carbonyl (C=O) groups is 2. The number of hydrogen-bond acceptors (Lipinski definition) is 3. The van der Waals surface area contributed by atoms with Crippen molar-refractivity contribution in [2.75, 3.05) is 10.6 Å². The van der Waals surface area contributed by atoms with Gasteiger partial charge in [-0.3, -0.25) is 9.59 Å².